The number of ether oxygens (including phenoxy) is 1. The van der Waals surface area contributed by atoms with Gasteiger partial charge in [0.1, 0.15) is 22.5 Å². The van der Waals surface area contributed by atoms with Gasteiger partial charge in [0.15, 0.2) is 0 Å². The van der Waals surface area contributed by atoms with Crippen LogP contribution in [0.25, 0.3) is 16.7 Å². The molecule has 0 unspecified atom stereocenters. The van der Waals surface area contributed by atoms with E-state index in [1.54, 1.807) is 23.0 Å². The van der Waals surface area contributed by atoms with Gasteiger partial charge in [0.05, 0.1) is 15.7 Å². The van der Waals surface area contributed by atoms with Crippen molar-refractivity contribution in [2.24, 2.45) is 0 Å². The maximum Gasteiger partial charge on any atom is 0.132 e. The van der Waals surface area contributed by atoms with Gasteiger partial charge >= 0.3 is 0 Å². The highest BCUT2D eigenvalue weighted by molar-refractivity contribution is 6.42. The zero-order chi connectivity index (χ0) is 18.8. The molecule has 0 atom stereocenters. The van der Waals surface area contributed by atoms with E-state index in [9.17, 15) is 0 Å². The molecule has 3 aromatic carbocycles. The maximum atomic E-state index is 6.08. The first kappa shape index (κ1) is 17.8. The molecule has 1 N–H and O–H groups in total. The average Bonchev–Trinajstić information content (AvgIpc) is 3.10. The second kappa shape index (κ2) is 7.56. The van der Waals surface area contributed by atoms with Crippen LogP contribution in [0.2, 0.25) is 10.0 Å². The first-order valence-corrected chi connectivity index (χ1v) is 9.12. The highest BCUT2D eigenvalue weighted by Crippen LogP contribution is 2.32. The molecule has 5 nitrogen and oxygen atoms in total. The summed E-state index contributed by atoms with van der Waals surface area (Å²) >= 11 is 12.1. The minimum absolute atomic E-state index is 0.452. The summed E-state index contributed by atoms with van der Waals surface area (Å²) in [7, 11) is 1.88. The van der Waals surface area contributed by atoms with E-state index in [1.807, 2.05) is 49.5 Å². The standard InChI is InChI=1S/C20H16Cl2N4O/c1-23-12-13-10-14(26-24-18-4-2-3-5-19(18)25-26)6-9-20(13)27-15-7-8-16(21)17(22)11-15/h2-11,23H,12H2,1H3. The van der Waals surface area contributed by atoms with Crippen LogP contribution in [0.5, 0.6) is 11.5 Å². The van der Waals surface area contributed by atoms with Crippen LogP contribution in [-0.4, -0.2) is 22.0 Å². The number of fused-ring (bicyclic) bond motifs is 1. The Bertz CT molecular complexity index is 1080. The second-order valence-electron chi connectivity index (χ2n) is 5.98. The highest BCUT2D eigenvalue weighted by Gasteiger charge is 2.10. The summed E-state index contributed by atoms with van der Waals surface area (Å²) in [5.74, 6) is 1.35. The Labute approximate surface area is 166 Å². The molecule has 7 heteroatoms. The van der Waals surface area contributed by atoms with Gasteiger partial charge in [-0.05, 0) is 49.5 Å². The number of rotatable bonds is 5. The van der Waals surface area contributed by atoms with Gasteiger partial charge in [-0.25, -0.2) is 0 Å². The molecule has 0 bridgehead atoms. The van der Waals surface area contributed by atoms with Crippen LogP contribution < -0.4 is 10.1 Å². The molecule has 4 rings (SSSR count). The van der Waals surface area contributed by atoms with Crippen LogP contribution >= 0.6 is 23.2 Å². The predicted molar refractivity (Wildman–Crippen MR) is 108 cm³/mol. The van der Waals surface area contributed by atoms with Crippen LogP contribution in [0.4, 0.5) is 0 Å². The zero-order valence-corrected chi connectivity index (χ0v) is 16.0. The monoisotopic (exact) mass is 398 g/mol. The fraction of sp³-hybridized carbons (Fsp3) is 0.100. The SMILES string of the molecule is CNCc1cc(-n2nc3ccccc3n2)ccc1Oc1ccc(Cl)c(Cl)c1. The third-order valence-electron chi connectivity index (χ3n) is 4.05. The lowest BCUT2D eigenvalue weighted by Crippen LogP contribution is -2.08. The molecule has 0 radical (unpaired) electrons. The van der Waals surface area contributed by atoms with Gasteiger partial charge in [0, 0.05) is 18.2 Å². The minimum atomic E-state index is 0.452. The van der Waals surface area contributed by atoms with Gasteiger partial charge in [-0.3, -0.25) is 0 Å². The normalized spacial score (nSPS) is 11.1. The predicted octanol–water partition coefficient (Wildman–Crippen LogP) is 5.24. The molecule has 0 amide bonds. The molecule has 136 valence electrons. The fourth-order valence-electron chi connectivity index (χ4n) is 2.76. The molecule has 1 heterocycles. The van der Waals surface area contributed by atoms with Crippen molar-refractivity contribution in [3.05, 3.63) is 76.3 Å². The molecule has 0 saturated carbocycles. The van der Waals surface area contributed by atoms with Crippen molar-refractivity contribution in [1.82, 2.24) is 20.3 Å². The third-order valence-corrected chi connectivity index (χ3v) is 4.79. The van der Waals surface area contributed by atoms with E-state index in [0.29, 0.717) is 22.3 Å². The molecule has 0 spiro atoms. The Balaban J connectivity index is 1.69. The summed E-state index contributed by atoms with van der Waals surface area (Å²) in [5, 5.41) is 13.2. The Kier molecular flexibility index (Phi) is 4.99. The minimum Gasteiger partial charge on any atom is -0.457 e. The van der Waals surface area contributed by atoms with Crippen molar-refractivity contribution in [3.63, 3.8) is 0 Å². The largest absolute Gasteiger partial charge is 0.457 e. The number of halogens is 2. The molecule has 0 aliphatic rings. The summed E-state index contributed by atoms with van der Waals surface area (Å²) in [5.41, 5.74) is 3.54. The van der Waals surface area contributed by atoms with Crippen molar-refractivity contribution in [3.8, 4) is 17.2 Å². The van der Waals surface area contributed by atoms with Gasteiger partial charge in [-0.2, -0.15) is 4.80 Å². The number of benzene rings is 3. The number of nitrogens with zero attached hydrogens (tertiary/aromatic N) is 3. The Hall–Kier alpha value is -2.60. The van der Waals surface area contributed by atoms with E-state index in [2.05, 4.69) is 15.5 Å². The third kappa shape index (κ3) is 3.76. The second-order valence-corrected chi connectivity index (χ2v) is 6.79. The Morgan fingerprint density at radius 2 is 1.67 bits per heavy atom. The maximum absolute atomic E-state index is 6.08. The number of aromatic nitrogens is 3. The summed E-state index contributed by atoms with van der Waals surface area (Å²) < 4.78 is 6.01. The van der Waals surface area contributed by atoms with E-state index in [0.717, 1.165) is 28.0 Å². The van der Waals surface area contributed by atoms with Crippen molar-refractivity contribution in [2.45, 2.75) is 6.54 Å². The van der Waals surface area contributed by atoms with E-state index < -0.39 is 0 Å². The van der Waals surface area contributed by atoms with Crippen LogP contribution in [-0.2, 0) is 6.54 Å². The molecule has 0 saturated heterocycles. The first-order chi connectivity index (χ1) is 13.1. The smallest absolute Gasteiger partial charge is 0.132 e. The van der Waals surface area contributed by atoms with Gasteiger partial charge < -0.3 is 10.1 Å². The van der Waals surface area contributed by atoms with Crippen molar-refractivity contribution in [1.29, 1.82) is 0 Å². The van der Waals surface area contributed by atoms with Crippen LogP contribution in [0.1, 0.15) is 5.56 Å². The van der Waals surface area contributed by atoms with Gasteiger partial charge in [0.25, 0.3) is 0 Å². The number of hydrogen-bond donors (Lipinski definition) is 1. The summed E-state index contributed by atoms with van der Waals surface area (Å²) in [6.45, 7) is 0.630. The Morgan fingerprint density at radius 3 is 2.33 bits per heavy atom. The molecular formula is C20H16Cl2N4O. The highest BCUT2D eigenvalue weighted by atomic mass is 35.5. The Morgan fingerprint density at radius 1 is 0.926 bits per heavy atom. The number of nitrogens with one attached hydrogen (secondary N) is 1. The molecule has 0 aliphatic carbocycles. The summed E-state index contributed by atoms with van der Waals surface area (Å²) in [6.07, 6.45) is 0. The van der Waals surface area contributed by atoms with E-state index >= 15 is 0 Å². The number of hydrogen-bond acceptors (Lipinski definition) is 4. The van der Waals surface area contributed by atoms with Crippen molar-refractivity contribution < 1.29 is 4.74 Å². The lowest BCUT2D eigenvalue weighted by molar-refractivity contribution is 0.474. The van der Waals surface area contributed by atoms with Gasteiger partial charge in [-0.1, -0.05) is 35.3 Å². The van der Waals surface area contributed by atoms with Gasteiger partial charge in [0.2, 0.25) is 0 Å². The van der Waals surface area contributed by atoms with Crippen LogP contribution in [0, 0.1) is 0 Å². The zero-order valence-electron chi connectivity index (χ0n) is 14.5. The van der Waals surface area contributed by atoms with E-state index in [4.69, 9.17) is 27.9 Å². The first-order valence-electron chi connectivity index (χ1n) is 8.37. The molecule has 1 aromatic heterocycles. The molecule has 0 aliphatic heterocycles. The summed E-state index contributed by atoms with van der Waals surface area (Å²) in [6, 6.07) is 18.8. The lowest BCUT2D eigenvalue weighted by atomic mass is 10.1. The molecule has 4 aromatic rings. The molecule has 0 fully saturated rings. The van der Waals surface area contributed by atoms with Crippen molar-refractivity contribution in [2.75, 3.05) is 7.05 Å². The molecular weight excluding hydrogens is 383 g/mol. The average molecular weight is 399 g/mol. The van der Waals surface area contributed by atoms with Gasteiger partial charge in [-0.15, -0.1) is 10.2 Å². The topological polar surface area (TPSA) is 52.0 Å². The molecule has 27 heavy (non-hydrogen) atoms. The van der Waals surface area contributed by atoms with E-state index in [1.165, 1.54) is 0 Å². The van der Waals surface area contributed by atoms with Crippen molar-refractivity contribution >= 4 is 34.2 Å². The lowest BCUT2D eigenvalue weighted by Gasteiger charge is -2.13. The quantitative estimate of drug-likeness (QED) is 0.499. The van der Waals surface area contributed by atoms with E-state index in [-0.39, 0.29) is 0 Å². The fourth-order valence-corrected chi connectivity index (χ4v) is 3.05. The van der Waals surface area contributed by atoms with Crippen LogP contribution in [0.3, 0.4) is 0 Å². The summed E-state index contributed by atoms with van der Waals surface area (Å²) in [4.78, 5) is 1.63. The van der Waals surface area contributed by atoms with Crippen LogP contribution in [0.15, 0.2) is 60.7 Å².